The van der Waals surface area contributed by atoms with Crippen LogP contribution >= 0.6 is 0 Å². The van der Waals surface area contributed by atoms with E-state index in [1.807, 2.05) is 0 Å². The minimum Gasteiger partial charge on any atom is -0.426 e. The second-order valence-electron chi connectivity index (χ2n) is 8.49. The van der Waals surface area contributed by atoms with Crippen LogP contribution in [0.1, 0.15) is 30.0 Å². The van der Waals surface area contributed by atoms with Crippen molar-refractivity contribution < 1.29 is 53.0 Å². The molecule has 12 heteroatoms. The van der Waals surface area contributed by atoms with Crippen LogP contribution in [0.3, 0.4) is 0 Å². The maximum absolute atomic E-state index is 14.9. The molecule has 0 amide bonds. The Kier molecular flexibility index (Phi) is 7.26. The van der Waals surface area contributed by atoms with Gasteiger partial charge in [-0.2, -0.15) is 26.3 Å². The number of halogens is 11. The highest BCUT2D eigenvalue weighted by molar-refractivity contribution is 5.89. The topological polar surface area (TPSA) is 9.23 Å². The first-order chi connectivity index (χ1) is 18.2. The summed E-state index contributed by atoms with van der Waals surface area (Å²) in [4.78, 5) is 0. The first-order valence-electron chi connectivity index (χ1n) is 11.2. The molecule has 0 heterocycles. The molecule has 0 aromatic heterocycles. The smallest absolute Gasteiger partial charge is 0.426 e. The second kappa shape index (κ2) is 10.0. The SMILES string of the molecule is CCCc1ccc(C(F)(F)Oc2ccc(-c3ccc4c(F)c(C(F)(F)F)c(F)cc4c3)c(F)c2F)c(F)c1F. The summed E-state index contributed by atoms with van der Waals surface area (Å²) in [5.74, 6) is -12.4. The van der Waals surface area contributed by atoms with Crippen molar-refractivity contribution in [3.8, 4) is 16.9 Å². The zero-order valence-corrected chi connectivity index (χ0v) is 19.6. The minimum atomic E-state index is -5.33. The summed E-state index contributed by atoms with van der Waals surface area (Å²) < 4.78 is 159. The van der Waals surface area contributed by atoms with Crippen LogP contribution in [-0.2, 0) is 18.7 Å². The summed E-state index contributed by atoms with van der Waals surface area (Å²) in [6, 6.07) is 5.70. The molecule has 0 saturated carbocycles. The molecule has 39 heavy (non-hydrogen) atoms. The van der Waals surface area contributed by atoms with Gasteiger partial charge in [0.25, 0.3) is 0 Å². The van der Waals surface area contributed by atoms with Gasteiger partial charge in [0.2, 0.25) is 5.82 Å². The van der Waals surface area contributed by atoms with Crippen LogP contribution in [0.5, 0.6) is 5.75 Å². The highest BCUT2D eigenvalue weighted by Crippen LogP contribution is 2.40. The number of rotatable bonds is 6. The van der Waals surface area contributed by atoms with Crippen molar-refractivity contribution in [1.29, 1.82) is 0 Å². The van der Waals surface area contributed by atoms with Crippen LogP contribution in [0.15, 0.2) is 48.5 Å². The first-order valence-corrected chi connectivity index (χ1v) is 11.2. The number of alkyl halides is 5. The molecule has 4 aromatic carbocycles. The maximum Gasteiger partial charge on any atom is 0.429 e. The average molecular weight is 564 g/mol. The molecule has 1 nitrogen and oxygen atoms in total. The van der Waals surface area contributed by atoms with Crippen LogP contribution in [0.2, 0.25) is 0 Å². The van der Waals surface area contributed by atoms with Crippen molar-refractivity contribution in [2.45, 2.75) is 32.1 Å². The summed E-state index contributed by atoms with van der Waals surface area (Å²) in [6.45, 7) is 1.65. The van der Waals surface area contributed by atoms with E-state index in [1.54, 1.807) is 6.92 Å². The van der Waals surface area contributed by atoms with Gasteiger partial charge >= 0.3 is 12.3 Å². The van der Waals surface area contributed by atoms with E-state index in [4.69, 9.17) is 0 Å². The summed E-state index contributed by atoms with van der Waals surface area (Å²) in [5, 5.41) is -1.08. The van der Waals surface area contributed by atoms with Gasteiger partial charge in [0.05, 0.1) is 0 Å². The van der Waals surface area contributed by atoms with Crippen molar-refractivity contribution in [1.82, 2.24) is 0 Å². The molecular formula is C27H15F11O. The highest BCUT2D eigenvalue weighted by Gasteiger charge is 2.41. The third-order valence-electron chi connectivity index (χ3n) is 5.90. The molecule has 0 aliphatic heterocycles. The average Bonchev–Trinajstić information content (AvgIpc) is 2.83. The van der Waals surface area contributed by atoms with Gasteiger partial charge in [0.15, 0.2) is 23.2 Å². The molecule has 0 aliphatic rings. The third-order valence-corrected chi connectivity index (χ3v) is 5.90. The zero-order valence-electron chi connectivity index (χ0n) is 19.6. The third kappa shape index (κ3) is 5.11. The lowest BCUT2D eigenvalue weighted by molar-refractivity contribution is -0.189. The number of benzene rings is 4. The summed E-state index contributed by atoms with van der Waals surface area (Å²) in [5.41, 5.74) is -4.73. The summed E-state index contributed by atoms with van der Waals surface area (Å²) in [6.07, 6.45) is -9.50. The molecule has 4 rings (SSSR count). The van der Waals surface area contributed by atoms with Gasteiger partial charge in [0.1, 0.15) is 22.8 Å². The predicted molar refractivity (Wildman–Crippen MR) is 119 cm³/mol. The monoisotopic (exact) mass is 564 g/mol. The Hall–Kier alpha value is -3.83. The lowest BCUT2D eigenvalue weighted by Crippen LogP contribution is -2.25. The molecule has 4 aromatic rings. The van der Waals surface area contributed by atoms with Crippen molar-refractivity contribution in [3.63, 3.8) is 0 Å². The number of ether oxygens (including phenoxy) is 1. The molecule has 0 radical (unpaired) electrons. The zero-order chi connectivity index (χ0) is 28.9. The van der Waals surface area contributed by atoms with Crippen molar-refractivity contribution in [3.05, 3.63) is 100 Å². The van der Waals surface area contributed by atoms with Gasteiger partial charge in [-0.1, -0.05) is 31.5 Å². The summed E-state index contributed by atoms with van der Waals surface area (Å²) in [7, 11) is 0. The molecule has 0 bridgehead atoms. The Morgan fingerprint density at radius 3 is 2.03 bits per heavy atom. The number of fused-ring (bicyclic) bond motifs is 1. The Morgan fingerprint density at radius 2 is 1.38 bits per heavy atom. The van der Waals surface area contributed by atoms with Gasteiger partial charge < -0.3 is 4.74 Å². The molecule has 0 atom stereocenters. The van der Waals surface area contributed by atoms with Crippen LogP contribution < -0.4 is 4.74 Å². The maximum atomic E-state index is 14.9. The standard InChI is InChI=1S/C27H15F11O/c1-2-3-12-5-8-17(24(32)21(12)29)27(37,38)39-19-9-7-15(23(31)25(19)33)13-4-6-16-14(10-13)11-18(28)20(22(16)30)26(34,35)36/h4-11H,2-3H2,1H3. The van der Waals surface area contributed by atoms with E-state index in [0.29, 0.717) is 24.6 Å². The Bertz CT molecular complexity index is 1580. The van der Waals surface area contributed by atoms with E-state index >= 15 is 0 Å². The van der Waals surface area contributed by atoms with Crippen LogP contribution in [0.25, 0.3) is 21.9 Å². The minimum absolute atomic E-state index is 0.0638. The fraction of sp³-hybridized carbons (Fsp3) is 0.185. The van der Waals surface area contributed by atoms with Crippen LogP contribution in [0, 0.1) is 34.9 Å². The highest BCUT2D eigenvalue weighted by atomic mass is 19.4. The Morgan fingerprint density at radius 1 is 0.692 bits per heavy atom. The molecule has 0 fully saturated rings. The number of hydrogen-bond acceptors (Lipinski definition) is 1. The molecule has 0 N–H and O–H groups in total. The number of aryl methyl sites for hydroxylation is 1. The molecule has 0 spiro atoms. The summed E-state index contributed by atoms with van der Waals surface area (Å²) >= 11 is 0. The quantitative estimate of drug-likeness (QED) is 0.212. The van der Waals surface area contributed by atoms with Gasteiger partial charge in [0, 0.05) is 10.9 Å². The van der Waals surface area contributed by atoms with Gasteiger partial charge in [-0.25, -0.2) is 22.0 Å². The van der Waals surface area contributed by atoms with E-state index in [-0.39, 0.29) is 17.5 Å². The predicted octanol–water partition coefficient (Wildman–Crippen LogP) is 9.44. The van der Waals surface area contributed by atoms with Gasteiger partial charge in [-0.05, 0) is 53.3 Å². The van der Waals surface area contributed by atoms with Gasteiger partial charge in [-0.15, -0.1) is 0 Å². The van der Waals surface area contributed by atoms with E-state index in [0.717, 1.165) is 30.3 Å². The molecule has 0 saturated heterocycles. The normalized spacial score (nSPS) is 12.3. The lowest BCUT2D eigenvalue weighted by atomic mass is 9.98. The molecule has 206 valence electrons. The Labute approximate surface area is 213 Å². The lowest BCUT2D eigenvalue weighted by Gasteiger charge is -2.20. The fourth-order valence-electron chi connectivity index (χ4n) is 4.06. The van der Waals surface area contributed by atoms with E-state index in [2.05, 4.69) is 4.74 Å². The Balaban J connectivity index is 1.71. The largest absolute Gasteiger partial charge is 0.429 e. The second-order valence-corrected chi connectivity index (χ2v) is 8.49. The van der Waals surface area contributed by atoms with Crippen LogP contribution in [-0.4, -0.2) is 0 Å². The first kappa shape index (κ1) is 28.2. The van der Waals surface area contributed by atoms with E-state index in [1.165, 1.54) is 0 Å². The van der Waals surface area contributed by atoms with Crippen molar-refractivity contribution in [2.24, 2.45) is 0 Å². The molecular weight excluding hydrogens is 549 g/mol. The van der Waals surface area contributed by atoms with Gasteiger partial charge in [-0.3, -0.25) is 0 Å². The fourth-order valence-corrected chi connectivity index (χ4v) is 4.06. The molecule has 0 unspecified atom stereocenters. The van der Waals surface area contributed by atoms with E-state index < -0.39 is 80.4 Å². The number of hydrogen-bond donors (Lipinski definition) is 0. The molecule has 0 aliphatic carbocycles. The van der Waals surface area contributed by atoms with Crippen molar-refractivity contribution in [2.75, 3.05) is 0 Å². The van der Waals surface area contributed by atoms with Crippen molar-refractivity contribution >= 4 is 10.8 Å². The van der Waals surface area contributed by atoms with E-state index in [9.17, 15) is 48.3 Å². The van der Waals surface area contributed by atoms with Crippen LogP contribution in [0.4, 0.5) is 48.3 Å².